The van der Waals surface area contributed by atoms with Crippen LogP contribution in [0, 0.1) is 5.41 Å². The number of carboxylic acid groups (broad SMARTS) is 1. The van der Waals surface area contributed by atoms with Gasteiger partial charge in [-0.05, 0) is 55.2 Å². The zero-order valence-corrected chi connectivity index (χ0v) is 14.0. The second-order valence-corrected chi connectivity index (χ2v) is 7.03. The van der Waals surface area contributed by atoms with Crippen molar-refractivity contribution in [2.75, 3.05) is 26.3 Å². The molecule has 2 aliphatic rings. The van der Waals surface area contributed by atoms with Crippen molar-refractivity contribution < 1.29 is 19.4 Å². The van der Waals surface area contributed by atoms with Gasteiger partial charge < -0.3 is 14.7 Å². The summed E-state index contributed by atoms with van der Waals surface area (Å²) in [6.45, 7) is 3.36. The molecule has 2 saturated heterocycles. The number of hydrogen-bond donors (Lipinski definition) is 1. The fraction of sp³-hybridized carbons (Fsp3) is 0.579. The number of nitrogens with zero attached hydrogens (tertiary/aromatic N) is 1. The van der Waals surface area contributed by atoms with Crippen molar-refractivity contribution in [2.45, 2.75) is 38.5 Å². The Kier molecular flexibility index (Phi) is 5.19. The number of amides is 1. The zero-order valence-electron chi connectivity index (χ0n) is 14.0. The molecule has 0 radical (unpaired) electrons. The van der Waals surface area contributed by atoms with Crippen LogP contribution in [0.2, 0.25) is 0 Å². The molecule has 130 valence electrons. The van der Waals surface area contributed by atoms with Gasteiger partial charge in [0.2, 0.25) is 5.91 Å². The second-order valence-electron chi connectivity index (χ2n) is 7.03. The first-order valence-electron chi connectivity index (χ1n) is 8.76. The van der Waals surface area contributed by atoms with Gasteiger partial charge in [0.05, 0.1) is 5.56 Å². The molecule has 1 N–H and O–H groups in total. The van der Waals surface area contributed by atoms with E-state index in [0.29, 0.717) is 12.8 Å². The van der Waals surface area contributed by atoms with Gasteiger partial charge in [-0.15, -0.1) is 0 Å². The summed E-state index contributed by atoms with van der Waals surface area (Å²) in [5.41, 5.74) is 1.56. The molecule has 1 spiro atoms. The summed E-state index contributed by atoms with van der Waals surface area (Å²) in [5, 5.41) is 8.92. The van der Waals surface area contributed by atoms with Crippen LogP contribution in [-0.2, 0) is 16.0 Å². The molecular formula is C19H25NO4. The van der Waals surface area contributed by atoms with E-state index in [4.69, 9.17) is 9.84 Å². The third kappa shape index (κ3) is 3.96. The van der Waals surface area contributed by atoms with Gasteiger partial charge >= 0.3 is 5.97 Å². The van der Waals surface area contributed by atoms with Crippen molar-refractivity contribution in [1.29, 1.82) is 0 Å². The van der Waals surface area contributed by atoms with E-state index in [0.717, 1.165) is 51.1 Å². The Hall–Kier alpha value is -1.88. The molecule has 0 atom stereocenters. The summed E-state index contributed by atoms with van der Waals surface area (Å²) in [7, 11) is 0. The average molecular weight is 331 g/mol. The van der Waals surface area contributed by atoms with Gasteiger partial charge in [-0.1, -0.05) is 12.1 Å². The summed E-state index contributed by atoms with van der Waals surface area (Å²) >= 11 is 0. The van der Waals surface area contributed by atoms with Crippen molar-refractivity contribution in [3.63, 3.8) is 0 Å². The second kappa shape index (κ2) is 7.34. The van der Waals surface area contributed by atoms with E-state index >= 15 is 0 Å². The molecule has 0 saturated carbocycles. The molecule has 1 aromatic carbocycles. The first kappa shape index (κ1) is 17.0. The molecular weight excluding hydrogens is 306 g/mol. The lowest BCUT2D eigenvalue weighted by Crippen LogP contribution is -2.48. The number of benzene rings is 1. The van der Waals surface area contributed by atoms with Crippen LogP contribution in [-0.4, -0.2) is 48.2 Å². The fourth-order valence-corrected chi connectivity index (χ4v) is 3.86. The molecule has 0 bridgehead atoms. The Morgan fingerprint density at radius 1 is 1.12 bits per heavy atom. The van der Waals surface area contributed by atoms with Crippen LogP contribution in [0.15, 0.2) is 24.3 Å². The quantitative estimate of drug-likeness (QED) is 0.921. The Balaban J connectivity index is 1.53. The van der Waals surface area contributed by atoms with Crippen LogP contribution >= 0.6 is 0 Å². The van der Waals surface area contributed by atoms with E-state index in [1.165, 1.54) is 6.42 Å². The summed E-state index contributed by atoms with van der Waals surface area (Å²) in [4.78, 5) is 25.5. The third-order valence-corrected chi connectivity index (χ3v) is 5.40. The Bertz CT molecular complexity index is 584. The van der Waals surface area contributed by atoms with Crippen molar-refractivity contribution in [1.82, 2.24) is 4.90 Å². The number of aromatic carboxylic acids is 1. The standard InChI is InChI=1S/C19H25NO4/c21-17(7-4-15-2-5-16(6-3-15)18(22)23)20-11-1-8-19(14-20)9-12-24-13-10-19/h2-3,5-6H,1,4,7-14H2,(H,22,23). The summed E-state index contributed by atoms with van der Waals surface area (Å²) in [5.74, 6) is -0.712. The van der Waals surface area contributed by atoms with Crippen molar-refractivity contribution >= 4 is 11.9 Å². The van der Waals surface area contributed by atoms with E-state index in [9.17, 15) is 9.59 Å². The highest BCUT2D eigenvalue weighted by Crippen LogP contribution is 2.39. The number of piperidine rings is 1. The van der Waals surface area contributed by atoms with Gasteiger partial charge in [0.25, 0.3) is 0 Å². The number of hydrogen-bond acceptors (Lipinski definition) is 3. The molecule has 1 amide bonds. The highest BCUT2D eigenvalue weighted by Gasteiger charge is 2.38. The number of carbonyl (C=O) groups excluding carboxylic acids is 1. The largest absolute Gasteiger partial charge is 0.478 e. The van der Waals surface area contributed by atoms with E-state index in [1.54, 1.807) is 24.3 Å². The molecule has 24 heavy (non-hydrogen) atoms. The number of ether oxygens (including phenoxy) is 1. The molecule has 0 unspecified atom stereocenters. The van der Waals surface area contributed by atoms with Crippen molar-refractivity contribution in [2.24, 2.45) is 5.41 Å². The van der Waals surface area contributed by atoms with Gasteiger partial charge in [0, 0.05) is 32.7 Å². The van der Waals surface area contributed by atoms with E-state index in [2.05, 4.69) is 0 Å². The van der Waals surface area contributed by atoms with Crippen LogP contribution in [0.1, 0.15) is 48.0 Å². The van der Waals surface area contributed by atoms with E-state index in [-0.39, 0.29) is 16.9 Å². The SMILES string of the molecule is O=C(O)c1ccc(CCC(=O)N2CCCC3(CCOCC3)C2)cc1. The van der Waals surface area contributed by atoms with E-state index in [1.807, 2.05) is 4.90 Å². The maximum absolute atomic E-state index is 12.6. The van der Waals surface area contributed by atoms with Crippen molar-refractivity contribution in [3.8, 4) is 0 Å². The number of rotatable bonds is 4. The Morgan fingerprint density at radius 2 is 1.83 bits per heavy atom. The molecule has 1 aromatic rings. The molecule has 2 fully saturated rings. The zero-order chi connectivity index (χ0) is 17.0. The lowest BCUT2D eigenvalue weighted by Gasteiger charge is -2.45. The van der Waals surface area contributed by atoms with Crippen LogP contribution < -0.4 is 0 Å². The fourth-order valence-electron chi connectivity index (χ4n) is 3.86. The van der Waals surface area contributed by atoms with Crippen LogP contribution in [0.4, 0.5) is 0 Å². The maximum atomic E-state index is 12.6. The van der Waals surface area contributed by atoms with Gasteiger partial charge in [-0.25, -0.2) is 4.79 Å². The number of carboxylic acids is 1. The summed E-state index contributed by atoms with van der Waals surface area (Å²) in [6.07, 6.45) is 5.56. The van der Waals surface area contributed by atoms with Gasteiger partial charge in [0.15, 0.2) is 0 Å². The molecule has 2 aliphatic heterocycles. The smallest absolute Gasteiger partial charge is 0.335 e. The summed E-state index contributed by atoms with van der Waals surface area (Å²) in [6, 6.07) is 6.79. The number of aryl methyl sites for hydroxylation is 1. The predicted molar refractivity (Wildman–Crippen MR) is 90.0 cm³/mol. The highest BCUT2D eigenvalue weighted by atomic mass is 16.5. The Morgan fingerprint density at radius 3 is 2.50 bits per heavy atom. The van der Waals surface area contributed by atoms with Gasteiger partial charge in [-0.2, -0.15) is 0 Å². The van der Waals surface area contributed by atoms with Crippen LogP contribution in [0.3, 0.4) is 0 Å². The van der Waals surface area contributed by atoms with Crippen molar-refractivity contribution in [3.05, 3.63) is 35.4 Å². The highest BCUT2D eigenvalue weighted by molar-refractivity contribution is 5.87. The predicted octanol–water partition coefficient (Wildman–Crippen LogP) is 2.74. The lowest BCUT2D eigenvalue weighted by atomic mass is 9.74. The molecule has 5 heteroatoms. The first-order valence-corrected chi connectivity index (χ1v) is 8.76. The topological polar surface area (TPSA) is 66.8 Å². The van der Waals surface area contributed by atoms with E-state index < -0.39 is 5.97 Å². The number of likely N-dealkylation sites (tertiary alicyclic amines) is 1. The van der Waals surface area contributed by atoms with Gasteiger partial charge in [-0.3, -0.25) is 4.79 Å². The molecule has 0 aliphatic carbocycles. The monoisotopic (exact) mass is 331 g/mol. The minimum atomic E-state index is -0.923. The minimum Gasteiger partial charge on any atom is -0.478 e. The molecule has 0 aromatic heterocycles. The minimum absolute atomic E-state index is 0.211. The molecule has 3 rings (SSSR count). The summed E-state index contributed by atoms with van der Waals surface area (Å²) < 4.78 is 5.48. The van der Waals surface area contributed by atoms with Gasteiger partial charge in [0.1, 0.15) is 0 Å². The average Bonchev–Trinajstić information content (AvgIpc) is 2.60. The third-order valence-electron chi connectivity index (χ3n) is 5.40. The lowest BCUT2D eigenvalue weighted by molar-refractivity contribution is -0.136. The van der Waals surface area contributed by atoms with Crippen LogP contribution in [0.5, 0.6) is 0 Å². The normalized spacial score (nSPS) is 20.1. The molecule has 5 nitrogen and oxygen atoms in total. The van der Waals surface area contributed by atoms with Crippen LogP contribution in [0.25, 0.3) is 0 Å². The maximum Gasteiger partial charge on any atom is 0.335 e. The molecule has 2 heterocycles. The first-order chi connectivity index (χ1) is 11.6. The number of carbonyl (C=O) groups is 2. The Labute approximate surface area is 142 Å².